The van der Waals surface area contributed by atoms with Crippen molar-refractivity contribution in [3.8, 4) is 11.5 Å². The zero-order chi connectivity index (χ0) is 14.5. The number of nitrogens with two attached hydrogens (primary N) is 1. The zero-order valence-corrected chi connectivity index (χ0v) is 11.3. The van der Waals surface area contributed by atoms with Crippen molar-refractivity contribution in [1.82, 2.24) is 10.4 Å². The van der Waals surface area contributed by atoms with Crippen LogP contribution in [-0.4, -0.2) is 19.2 Å². The maximum absolute atomic E-state index is 13.0. The third-order valence-electron chi connectivity index (χ3n) is 2.96. The minimum atomic E-state index is -0.430. The number of hydrogen-bond donors (Lipinski definition) is 2. The fraction of sp³-hybridized carbons (Fsp3) is 0.214. The Kier molecular flexibility index (Phi) is 4.49. The van der Waals surface area contributed by atoms with E-state index in [9.17, 15) is 4.39 Å². The number of rotatable bonds is 5. The Morgan fingerprint density at radius 1 is 1.20 bits per heavy atom. The summed E-state index contributed by atoms with van der Waals surface area (Å²) in [6.45, 7) is 0. The number of pyridine rings is 1. The summed E-state index contributed by atoms with van der Waals surface area (Å²) in [5.74, 6) is 6.52. The van der Waals surface area contributed by atoms with Crippen LogP contribution in [0.4, 0.5) is 4.39 Å². The lowest BCUT2D eigenvalue weighted by Crippen LogP contribution is -2.29. The van der Waals surface area contributed by atoms with E-state index in [2.05, 4.69) is 10.4 Å². The van der Waals surface area contributed by atoms with Crippen molar-refractivity contribution >= 4 is 0 Å². The van der Waals surface area contributed by atoms with Gasteiger partial charge in [-0.05, 0) is 30.3 Å². The van der Waals surface area contributed by atoms with Crippen LogP contribution in [0.3, 0.4) is 0 Å². The highest BCUT2D eigenvalue weighted by Gasteiger charge is 2.19. The molecule has 0 saturated carbocycles. The van der Waals surface area contributed by atoms with Crippen molar-refractivity contribution in [3.63, 3.8) is 0 Å². The van der Waals surface area contributed by atoms with Gasteiger partial charge in [-0.2, -0.15) is 0 Å². The van der Waals surface area contributed by atoms with E-state index >= 15 is 0 Å². The van der Waals surface area contributed by atoms with Crippen LogP contribution in [0.2, 0.25) is 0 Å². The Morgan fingerprint density at radius 3 is 2.55 bits per heavy atom. The minimum Gasteiger partial charge on any atom is -0.497 e. The monoisotopic (exact) mass is 277 g/mol. The molecule has 0 radical (unpaired) electrons. The van der Waals surface area contributed by atoms with Crippen molar-refractivity contribution in [3.05, 3.63) is 53.6 Å². The molecule has 0 saturated heterocycles. The molecule has 3 N–H and O–H groups in total. The van der Waals surface area contributed by atoms with Gasteiger partial charge in [0.1, 0.15) is 17.3 Å². The number of hydrazine groups is 1. The molecule has 2 rings (SSSR count). The van der Waals surface area contributed by atoms with E-state index in [4.69, 9.17) is 15.3 Å². The highest BCUT2D eigenvalue weighted by Crippen LogP contribution is 2.31. The molecule has 6 heteroatoms. The van der Waals surface area contributed by atoms with Crippen molar-refractivity contribution in [2.45, 2.75) is 6.04 Å². The molecule has 20 heavy (non-hydrogen) atoms. The number of benzene rings is 1. The van der Waals surface area contributed by atoms with Gasteiger partial charge in [-0.25, -0.2) is 9.82 Å². The van der Waals surface area contributed by atoms with Crippen molar-refractivity contribution < 1.29 is 13.9 Å². The lowest BCUT2D eigenvalue weighted by molar-refractivity contribution is 0.393. The van der Waals surface area contributed by atoms with Crippen LogP contribution in [0.15, 0.2) is 36.5 Å². The molecular weight excluding hydrogens is 261 g/mol. The van der Waals surface area contributed by atoms with E-state index in [1.165, 1.54) is 6.07 Å². The summed E-state index contributed by atoms with van der Waals surface area (Å²) < 4.78 is 23.5. The van der Waals surface area contributed by atoms with Gasteiger partial charge in [-0.15, -0.1) is 0 Å². The Balaban J connectivity index is 2.47. The van der Waals surface area contributed by atoms with Crippen molar-refractivity contribution in [1.29, 1.82) is 0 Å². The largest absolute Gasteiger partial charge is 0.497 e. The van der Waals surface area contributed by atoms with Crippen molar-refractivity contribution in [2.75, 3.05) is 14.2 Å². The van der Waals surface area contributed by atoms with Crippen LogP contribution in [0.5, 0.6) is 11.5 Å². The van der Waals surface area contributed by atoms with Gasteiger partial charge in [-0.1, -0.05) is 0 Å². The molecule has 5 nitrogen and oxygen atoms in total. The molecule has 1 aromatic carbocycles. The third kappa shape index (κ3) is 2.87. The summed E-state index contributed by atoms with van der Waals surface area (Å²) in [6, 6.07) is 7.84. The van der Waals surface area contributed by atoms with Gasteiger partial charge in [0, 0.05) is 5.56 Å². The van der Waals surface area contributed by atoms with Crippen LogP contribution < -0.4 is 20.7 Å². The van der Waals surface area contributed by atoms with Gasteiger partial charge in [0.25, 0.3) is 0 Å². The number of nitrogens with zero attached hydrogens (tertiary/aromatic N) is 1. The summed E-state index contributed by atoms with van der Waals surface area (Å²) in [4.78, 5) is 4.04. The summed E-state index contributed by atoms with van der Waals surface area (Å²) in [7, 11) is 3.14. The van der Waals surface area contributed by atoms with Crippen molar-refractivity contribution in [2.24, 2.45) is 5.84 Å². The van der Waals surface area contributed by atoms with Crippen LogP contribution in [0, 0.1) is 5.82 Å². The van der Waals surface area contributed by atoms with Crippen LogP contribution in [0.1, 0.15) is 17.3 Å². The first kappa shape index (κ1) is 14.2. The third-order valence-corrected chi connectivity index (χ3v) is 2.96. The van der Waals surface area contributed by atoms with E-state index < -0.39 is 11.9 Å². The molecule has 0 amide bonds. The quantitative estimate of drug-likeness (QED) is 0.644. The second-order valence-electron chi connectivity index (χ2n) is 4.11. The van der Waals surface area contributed by atoms with Gasteiger partial charge in [-0.3, -0.25) is 10.8 Å². The molecule has 1 unspecified atom stereocenters. The number of hydrogen-bond acceptors (Lipinski definition) is 5. The topological polar surface area (TPSA) is 69.4 Å². The first-order valence-electron chi connectivity index (χ1n) is 5.99. The lowest BCUT2D eigenvalue weighted by atomic mass is 10.0. The molecule has 0 aliphatic rings. The Labute approximate surface area is 116 Å². The highest BCUT2D eigenvalue weighted by molar-refractivity contribution is 5.45. The van der Waals surface area contributed by atoms with Gasteiger partial charge in [0.05, 0.1) is 32.2 Å². The maximum Gasteiger partial charge on any atom is 0.141 e. The van der Waals surface area contributed by atoms with Gasteiger partial charge >= 0.3 is 0 Å². The summed E-state index contributed by atoms with van der Waals surface area (Å²) >= 11 is 0. The smallest absolute Gasteiger partial charge is 0.141 e. The maximum atomic E-state index is 13.0. The Hall–Kier alpha value is -2.18. The van der Waals surface area contributed by atoms with E-state index in [1.54, 1.807) is 38.5 Å². The zero-order valence-electron chi connectivity index (χ0n) is 11.3. The molecule has 1 heterocycles. The molecule has 1 aromatic heterocycles. The predicted molar refractivity (Wildman–Crippen MR) is 72.9 cm³/mol. The Morgan fingerprint density at radius 2 is 2.00 bits per heavy atom. The number of halogens is 1. The van der Waals surface area contributed by atoms with Crippen LogP contribution >= 0.6 is 0 Å². The van der Waals surface area contributed by atoms with Crippen LogP contribution in [-0.2, 0) is 0 Å². The highest BCUT2D eigenvalue weighted by atomic mass is 19.1. The normalized spacial score (nSPS) is 12.0. The van der Waals surface area contributed by atoms with Gasteiger partial charge in [0.2, 0.25) is 0 Å². The average molecular weight is 277 g/mol. The second kappa shape index (κ2) is 6.31. The standard InChI is InChI=1S/C14H16FN3O2/c1-19-10-4-6-13(20-2)11(7-10)14(18-16)12-5-3-9(15)8-17-12/h3-8,14,18H,16H2,1-2H3. The SMILES string of the molecule is COc1ccc(OC)c(C(NN)c2ccc(F)cn2)c1. The first-order valence-corrected chi connectivity index (χ1v) is 5.99. The fourth-order valence-corrected chi connectivity index (χ4v) is 1.96. The predicted octanol–water partition coefficient (Wildman–Crippen LogP) is 1.79. The Bertz CT molecular complexity index is 575. The summed E-state index contributed by atoms with van der Waals surface area (Å²) in [5, 5.41) is 0. The number of nitrogens with one attached hydrogen (secondary N) is 1. The number of ether oxygens (including phenoxy) is 2. The van der Waals surface area contributed by atoms with E-state index in [0.717, 1.165) is 11.8 Å². The lowest BCUT2D eigenvalue weighted by Gasteiger charge is -2.19. The summed E-state index contributed by atoms with van der Waals surface area (Å²) in [5.41, 5.74) is 4.00. The molecule has 0 spiro atoms. The molecule has 0 aliphatic carbocycles. The second-order valence-corrected chi connectivity index (χ2v) is 4.11. The fourth-order valence-electron chi connectivity index (χ4n) is 1.96. The van der Waals surface area contributed by atoms with Gasteiger partial charge in [0.15, 0.2) is 0 Å². The molecule has 1 atom stereocenters. The molecule has 0 bridgehead atoms. The van der Waals surface area contributed by atoms with Gasteiger partial charge < -0.3 is 9.47 Å². The average Bonchev–Trinajstić information content (AvgIpc) is 2.49. The molecule has 0 fully saturated rings. The van der Waals surface area contributed by atoms with E-state index in [-0.39, 0.29) is 0 Å². The molecule has 0 aliphatic heterocycles. The van der Waals surface area contributed by atoms with E-state index in [0.29, 0.717) is 17.2 Å². The first-order chi connectivity index (χ1) is 9.69. The minimum absolute atomic E-state index is 0.401. The molecule has 2 aromatic rings. The van der Waals surface area contributed by atoms with Crippen LogP contribution in [0.25, 0.3) is 0 Å². The summed E-state index contributed by atoms with van der Waals surface area (Å²) in [6.07, 6.45) is 1.15. The molecular formula is C14H16FN3O2. The van der Waals surface area contributed by atoms with E-state index in [1.807, 2.05) is 0 Å². The number of aromatic nitrogens is 1. The number of methoxy groups -OCH3 is 2. The molecule has 106 valence electrons.